The zero-order valence-corrected chi connectivity index (χ0v) is 11.7. The van der Waals surface area contributed by atoms with Crippen LogP contribution in [0.15, 0.2) is 36.5 Å². The van der Waals surface area contributed by atoms with Crippen LogP contribution in [-0.4, -0.2) is 40.0 Å². The summed E-state index contributed by atoms with van der Waals surface area (Å²) in [6.07, 6.45) is 1.66. The number of aromatic nitrogens is 1. The molecule has 2 atom stereocenters. The van der Waals surface area contributed by atoms with Gasteiger partial charge < -0.3 is 10.0 Å². The van der Waals surface area contributed by atoms with Gasteiger partial charge in [-0.2, -0.15) is 0 Å². The lowest BCUT2D eigenvalue weighted by Crippen LogP contribution is -2.30. The topological polar surface area (TPSA) is 70.5 Å². The van der Waals surface area contributed by atoms with Crippen LogP contribution >= 0.6 is 0 Å². The van der Waals surface area contributed by atoms with Crippen molar-refractivity contribution in [1.82, 2.24) is 9.88 Å². The second-order valence-electron chi connectivity index (χ2n) is 5.51. The molecule has 5 heteroatoms. The first-order valence-electron chi connectivity index (χ1n) is 6.93. The normalized spacial score (nSPS) is 21.7. The van der Waals surface area contributed by atoms with E-state index in [0.717, 1.165) is 5.39 Å². The maximum absolute atomic E-state index is 12.7. The molecule has 0 spiro atoms. The van der Waals surface area contributed by atoms with Crippen molar-refractivity contribution in [2.24, 2.45) is 11.8 Å². The number of aliphatic carboxylic acids is 1. The number of para-hydroxylation sites is 1. The van der Waals surface area contributed by atoms with Gasteiger partial charge in [-0.15, -0.1) is 0 Å². The third-order valence-corrected chi connectivity index (χ3v) is 4.08. The largest absolute Gasteiger partial charge is 0.481 e. The Morgan fingerprint density at radius 2 is 2.00 bits per heavy atom. The van der Waals surface area contributed by atoms with Gasteiger partial charge in [-0.3, -0.25) is 14.6 Å². The van der Waals surface area contributed by atoms with Crippen molar-refractivity contribution in [3.63, 3.8) is 0 Å². The Balaban J connectivity index is 1.93. The van der Waals surface area contributed by atoms with E-state index >= 15 is 0 Å². The average Bonchev–Trinajstić information content (AvgIpc) is 2.88. The van der Waals surface area contributed by atoms with Crippen molar-refractivity contribution in [1.29, 1.82) is 0 Å². The number of carbonyl (C=O) groups is 2. The van der Waals surface area contributed by atoms with Crippen molar-refractivity contribution < 1.29 is 14.7 Å². The van der Waals surface area contributed by atoms with Crippen LogP contribution in [-0.2, 0) is 4.79 Å². The van der Waals surface area contributed by atoms with Crippen LogP contribution in [0.5, 0.6) is 0 Å². The lowest BCUT2D eigenvalue weighted by atomic mass is 9.99. The number of likely N-dealkylation sites (tertiary alicyclic amines) is 1. The molecule has 1 amide bonds. The molecule has 1 aromatic carbocycles. The molecule has 2 heterocycles. The molecular formula is C16H16N2O3. The predicted octanol–water partition coefficient (Wildman–Crippen LogP) is 2.03. The summed E-state index contributed by atoms with van der Waals surface area (Å²) in [5.74, 6) is -1.50. The number of benzene rings is 1. The van der Waals surface area contributed by atoms with Gasteiger partial charge in [0.1, 0.15) is 0 Å². The number of carboxylic acid groups (broad SMARTS) is 1. The van der Waals surface area contributed by atoms with E-state index in [4.69, 9.17) is 0 Å². The van der Waals surface area contributed by atoms with Crippen molar-refractivity contribution >= 4 is 22.8 Å². The Labute approximate surface area is 122 Å². The molecule has 3 rings (SSSR count). The standard InChI is InChI=1S/C16H16N2O3/c1-10-8-18(9-13(10)16(20)21)15(19)12-6-2-4-11-5-3-7-17-14(11)12/h2-7,10,13H,8-9H2,1H3,(H,20,21)/t10-,13-/m1/s1. The average molecular weight is 284 g/mol. The van der Waals surface area contributed by atoms with E-state index in [-0.39, 0.29) is 18.4 Å². The monoisotopic (exact) mass is 284 g/mol. The van der Waals surface area contributed by atoms with Crippen molar-refractivity contribution in [3.05, 3.63) is 42.1 Å². The summed E-state index contributed by atoms with van der Waals surface area (Å²) in [6.45, 7) is 2.60. The molecule has 1 fully saturated rings. The second kappa shape index (κ2) is 5.16. The number of carboxylic acids is 1. The molecule has 1 aliphatic rings. The van der Waals surface area contributed by atoms with Gasteiger partial charge in [0.2, 0.25) is 0 Å². The summed E-state index contributed by atoms with van der Waals surface area (Å²) in [5.41, 5.74) is 1.20. The van der Waals surface area contributed by atoms with Gasteiger partial charge >= 0.3 is 5.97 Å². The first kappa shape index (κ1) is 13.5. The van der Waals surface area contributed by atoms with Gasteiger partial charge in [0.25, 0.3) is 5.91 Å². The molecule has 1 aliphatic heterocycles. The SMILES string of the molecule is C[C@@H]1CN(C(=O)c2cccc3cccnc23)C[C@H]1C(=O)O. The molecule has 21 heavy (non-hydrogen) atoms. The molecule has 0 saturated carbocycles. The second-order valence-corrected chi connectivity index (χ2v) is 5.51. The molecular weight excluding hydrogens is 268 g/mol. The van der Waals surface area contributed by atoms with E-state index in [0.29, 0.717) is 17.6 Å². The van der Waals surface area contributed by atoms with E-state index in [1.165, 1.54) is 0 Å². The Morgan fingerprint density at radius 3 is 2.71 bits per heavy atom. The van der Waals surface area contributed by atoms with E-state index < -0.39 is 11.9 Å². The Hall–Kier alpha value is -2.43. The van der Waals surface area contributed by atoms with Gasteiger partial charge in [-0.25, -0.2) is 0 Å². The van der Waals surface area contributed by atoms with Crippen LogP contribution in [0, 0.1) is 11.8 Å². The van der Waals surface area contributed by atoms with E-state index in [1.54, 1.807) is 17.2 Å². The van der Waals surface area contributed by atoms with Crippen LogP contribution in [0.25, 0.3) is 10.9 Å². The van der Waals surface area contributed by atoms with E-state index in [1.807, 2.05) is 31.2 Å². The minimum absolute atomic E-state index is 0.0330. The molecule has 108 valence electrons. The summed E-state index contributed by atoms with van der Waals surface area (Å²) in [6, 6.07) is 9.22. The molecule has 2 aromatic rings. The van der Waals surface area contributed by atoms with Gasteiger partial charge in [-0.05, 0) is 18.1 Å². The highest BCUT2D eigenvalue weighted by molar-refractivity contribution is 6.05. The number of carbonyl (C=O) groups excluding carboxylic acids is 1. The number of nitrogens with zero attached hydrogens (tertiary/aromatic N) is 2. The van der Waals surface area contributed by atoms with Crippen LogP contribution in [0.4, 0.5) is 0 Å². The fourth-order valence-corrected chi connectivity index (χ4v) is 2.90. The number of fused-ring (bicyclic) bond motifs is 1. The molecule has 1 saturated heterocycles. The third kappa shape index (κ3) is 2.35. The fraction of sp³-hybridized carbons (Fsp3) is 0.312. The van der Waals surface area contributed by atoms with Crippen LogP contribution in [0.1, 0.15) is 17.3 Å². The summed E-state index contributed by atoms with van der Waals surface area (Å²) >= 11 is 0. The maximum Gasteiger partial charge on any atom is 0.308 e. The molecule has 0 aliphatic carbocycles. The lowest BCUT2D eigenvalue weighted by Gasteiger charge is -2.16. The Bertz CT molecular complexity index is 708. The molecule has 0 bridgehead atoms. The highest BCUT2D eigenvalue weighted by atomic mass is 16.4. The highest BCUT2D eigenvalue weighted by Crippen LogP contribution is 2.26. The number of pyridine rings is 1. The smallest absolute Gasteiger partial charge is 0.308 e. The van der Waals surface area contributed by atoms with Crippen molar-refractivity contribution in [2.75, 3.05) is 13.1 Å². The fourth-order valence-electron chi connectivity index (χ4n) is 2.90. The van der Waals surface area contributed by atoms with Crippen LogP contribution < -0.4 is 0 Å². The summed E-state index contributed by atoms with van der Waals surface area (Å²) in [4.78, 5) is 29.7. The van der Waals surface area contributed by atoms with E-state index in [9.17, 15) is 14.7 Å². The minimum atomic E-state index is -0.839. The predicted molar refractivity (Wildman–Crippen MR) is 77.9 cm³/mol. The van der Waals surface area contributed by atoms with Crippen LogP contribution in [0.3, 0.4) is 0 Å². The van der Waals surface area contributed by atoms with Gasteiger partial charge in [-0.1, -0.05) is 25.1 Å². The quantitative estimate of drug-likeness (QED) is 0.916. The third-order valence-electron chi connectivity index (χ3n) is 4.08. The van der Waals surface area contributed by atoms with E-state index in [2.05, 4.69) is 4.98 Å². The maximum atomic E-state index is 12.7. The Kier molecular flexibility index (Phi) is 3.33. The van der Waals surface area contributed by atoms with Crippen molar-refractivity contribution in [2.45, 2.75) is 6.92 Å². The molecule has 5 nitrogen and oxygen atoms in total. The number of amides is 1. The number of hydrogen-bond donors (Lipinski definition) is 1. The van der Waals surface area contributed by atoms with Gasteiger partial charge in [0.15, 0.2) is 0 Å². The van der Waals surface area contributed by atoms with Crippen LogP contribution in [0.2, 0.25) is 0 Å². The molecule has 0 radical (unpaired) electrons. The van der Waals surface area contributed by atoms with Gasteiger partial charge in [0.05, 0.1) is 17.0 Å². The lowest BCUT2D eigenvalue weighted by molar-refractivity contribution is -0.142. The highest BCUT2D eigenvalue weighted by Gasteiger charge is 2.37. The van der Waals surface area contributed by atoms with Gasteiger partial charge in [0, 0.05) is 24.7 Å². The minimum Gasteiger partial charge on any atom is -0.481 e. The molecule has 1 aromatic heterocycles. The summed E-state index contributed by atoms with van der Waals surface area (Å²) < 4.78 is 0. The zero-order valence-electron chi connectivity index (χ0n) is 11.7. The first-order valence-corrected chi connectivity index (χ1v) is 6.93. The summed E-state index contributed by atoms with van der Waals surface area (Å²) in [7, 11) is 0. The molecule has 1 N–H and O–H groups in total. The summed E-state index contributed by atoms with van der Waals surface area (Å²) in [5, 5.41) is 10.1. The molecule has 0 unspecified atom stereocenters. The Morgan fingerprint density at radius 1 is 1.24 bits per heavy atom. The number of rotatable bonds is 2. The zero-order chi connectivity index (χ0) is 15.0. The van der Waals surface area contributed by atoms with Crippen molar-refractivity contribution in [3.8, 4) is 0 Å². The number of hydrogen-bond acceptors (Lipinski definition) is 3. The first-order chi connectivity index (χ1) is 10.1.